The number of fused-ring (bicyclic) bond motifs is 2. The second-order valence-corrected chi connectivity index (χ2v) is 6.99. The predicted octanol–water partition coefficient (Wildman–Crippen LogP) is 4.00. The summed E-state index contributed by atoms with van der Waals surface area (Å²) >= 11 is 0. The molecule has 0 radical (unpaired) electrons. The highest BCUT2D eigenvalue weighted by Crippen LogP contribution is 2.28. The van der Waals surface area contributed by atoms with E-state index in [9.17, 15) is 9.18 Å². The Labute approximate surface area is 155 Å². The Hall–Kier alpha value is -3.15. The van der Waals surface area contributed by atoms with Crippen LogP contribution in [0.1, 0.15) is 19.3 Å². The summed E-state index contributed by atoms with van der Waals surface area (Å²) in [6.07, 6.45) is 3.29. The number of anilines is 1. The number of benzene rings is 2. The van der Waals surface area contributed by atoms with Crippen LogP contribution < -0.4 is 10.5 Å². The molecule has 136 valence electrons. The van der Waals surface area contributed by atoms with Gasteiger partial charge in [-0.1, -0.05) is 12.1 Å². The van der Waals surface area contributed by atoms with Crippen LogP contribution in [0.4, 0.5) is 10.1 Å². The fraction of sp³-hybridized carbons (Fsp3) is 0.238. The highest BCUT2D eigenvalue weighted by Gasteiger charge is 2.18. The Bertz CT molecular complexity index is 1170. The standard InChI is InChI=1S/C21H19FN4O/c22-15-12-14-8-9-20(27)26(21-23-16-6-2-3-7-17(16)24-21)18(14)13-19(15)25-10-4-1-5-11-25/h2-3,6-9,12-13H,1,4-5,10-11H2,(H,23,24). The van der Waals surface area contributed by atoms with Crippen LogP contribution >= 0.6 is 0 Å². The zero-order valence-corrected chi connectivity index (χ0v) is 14.8. The lowest BCUT2D eigenvalue weighted by Gasteiger charge is -2.29. The van der Waals surface area contributed by atoms with Crippen molar-refractivity contribution in [1.82, 2.24) is 14.5 Å². The van der Waals surface area contributed by atoms with Gasteiger partial charge in [0.15, 0.2) is 0 Å². The van der Waals surface area contributed by atoms with Crippen molar-refractivity contribution >= 4 is 27.6 Å². The van der Waals surface area contributed by atoms with Gasteiger partial charge in [0.05, 0.1) is 22.2 Å². The second kappa shape index (κ2) is 6.23. The van der Waals surface area contributed by atoms with E-state index in [1.807, 2.05) is 24.3 Å². The summed E-state index contributed by atoms with van der Waals surface area (Å²) in [6.45, 7) is 1.67. The molecule has 5 nitrogen and oxygen atoms in total. The summed E-state index contributed by atoms with van der Waals surface area (Å²) < 4.78 is 16.3. The van der Waals surface area contributed by atoms with E-state index in [1.165, 1.54) is 23.1 Å². The van der Waals surface area contributed by atoms with E-state index in [4.69, 9.17) is 0 Å². The number of H-pyrrole nitrogens is 1. The van der Waals surface area contributed by atoms with Crippen molar-refractivity contribution in [3.63, 3.8) is 0 Å². The molecule has 27 heavy (non-hydrogen) atoms. The molecule has 3 heterocycles. The first-order valence-electron chi connectivity index (χ1n) is 9.26. The largest absolute Gasteiger partial charge is 0.369 e. The number of hydrogen-bond acceptors (Lipinski definition) is 3. The van der Waals surface area contributed by atoms with Crippen molar-refractivity contribution in [2.75, 3.05) is 18.0 Å². The Morgan fingerprint density at radius 2 is 1.81 bits per heavy atom. The number of aromatic nitrogens is 3. The third-order valence-corrected chi connectivity index (χ3v) is 5.25. The molecule has 0 amide bonds. The molecular weight excluding hydrogens is 343 g/mol. The van der Waals surface area contributed by atoms with Crippen molar-refractivity contribution in [1.29, 1.82) is 0 Å². The summed E-state index contributed by atoms with van der Waals surface area (Å²) in [5.74, 6) is 0.196. The van der Waals surface area contributed by atoms with Crippen molar-refractivity contribution in [3.05, 3.63) is 64.7 Å². The minimum atomic E-state index is -0.251. The SMILES string of the molecule is O=c1ccc2cc(F)c(N3CCCCC3)cc2n1-c1nc2ccccc2[nH]1. The smallest absolute Gasteiger partial charge is 0.257 e. The molecule has 0 aliphatic carbocycles. The van der Waals surface area contributed by atoms with Crippen LogP contribution in [0, 0.1) is 5.82 Å². The monoisotopic (exact) mass is 362 g/mol. The molecule has 1 aliphatic rings. The van der Waals surface area contributed by atoms with Gasteiger partial charge >= 0.3 is 0 Å². The number of aromatic amines is 1. The highest BCUT2D eigenvalue weighted by molar-refractivity contribution is 5.85. The maximum atomic E-state index is 14.8. The Kier molecular flexibility index (Phi) is 3.70. The van der Waals surface area contributed by atoms with E-state index in [-0.39, 0.29) is 11.4 Å². The Balaban J connectivity index is 1.75. The molecule has 0 spiro atoms. The zero-order chi connectivity index (χ0) is 18.4. The normalized spacial score (nSPS) is 14.9. The van der Waals surface area contributed by atoms with Crippen LogP contribution in [-0.2, 0) is 0 Å². The quantitative estimate of drug-likeness (QED) is 0.586. The van der Waals surface area contributed by atoms with E-state index in [1.54, 1.807) is 12.1 Å². The minimum Gasteiger partial charge on any atom is -0.369 e. The summed E-state index contributed by atoms with van der Waals surface area (Å²) in [6, 6.07) is 14.0. The summed E-state index contributed by atoms with van der Waals surface area (Å²) in [5.41, 5.74) is 2.66. The van der Waals surface area contributed by atoms with Gasteiger partial charge in [-0.15, -0.1) is 0 Å². The summed E-state index contributed by atoms with van der Waals surface area (Å²) in [4.78, 5) is 22.5. The molecule has 1 saturated heterocycles. The molecule has 2 aromatic carbocycles. The molecule has 0 unspecified atom stereocenters. The summed E-state index contributed by atoms with van der Waals surface area (Å²) in [7, 11) is 0. The first-order chi connectivity index (χ1) is 13.2. The number of nitrogens with one attached hydrogen (secondary N) is 1. The molecule has 2 aromatic heterocycles. The molecule has 0 atom stereocenters. The van der Waals surface area contributed by atoms with E-state index in [0.717, 1.165) is 37.0 Å². The first kappa shape index (κ1) is 16.1. The fourth-order valence-corrected chi connectivity index (χ4v) is 3.89. The van der Waals surface area contributed by atoms with Crippen LogP contribution in [0.3, 0.4) is 0 Å². The minimum absolute atomic E-state index is 0.197. The Morgan fingerprint density at radius 3 is 2.63 bits per heavy atom. The second-order valence-electron chi connectivity index (χ2n) is 6.99. The third-order valence-electron chi connectivity index (χ3n) is 5.25. The van der Waals surface area contributed by atoms with Crippen LogP contribution in [-0.4, -0.2) is 27.6 Å². The zero-order valence-electron chi connectivity index (χ0n) is 14.8. The summed E-state index contributed by atoms with van der Waals surface area (Å²) in [5, 5.41) is 0.674. The van der Waals surface area contributed by atoms with E-state index in [2.05, 4.69) is 14.9 Å². The van der Waals surface area contributed by atoms with Crippen molar-refractivity contribution < 1.29 is 4.39 Å². The number of para-hydroxylation sites is 2. The number of rotatable bonds is 2. The first-order valence-corrected chi connectivity index (χ1v) is 9.26. The lowest BCUT2D eigenvalue weighted by molar-refractivity contribution is 0.557. The average Bonchev–Trinajstić information content (AvgIpc) is 3.12. The molecule has 1 aliphatic heterocycles. The van der Waals surface area contributed by atoms with Gasteiger partial charge < -0.3 is 9.88 Å². The van der Waals surface area contributed by atoms with Crippen molar-refractivity contribution in [2.45, 2.75) is 19.3 Å². The van der Waals surface area contributed by atoms with Crippen LogP contribution in [0.25, 0.3) is 27.9 Å². The van der Waals surface area contributed by atoms with E-state index in [0.29, 0.717) is 22.5 Å². The number of imidazole rings is 1. The van der Waals surface area contributed by atoms with Crippen molar-refractivity contribution in [3.8, 4) is 5.95 Å². The Morgan fingerprint density at radius 1 is 1.00 bits per heavy atom. The van der Waals surface area contributed by atoms with Gasteiger partial charge in [0.25, 0.3) is 5.56 Å². The number of hydrogen-bond donors (Lipinski definition) is 1. The number of piperidine rings is 1. The lowest BCUT2D eigenvalue weighted by atomic mass is 10.1. The van der Waals surface area contributed by atoms with Gasteiger partial charge in [-0.2, -0.15) is 0 Å². The van der Waals surface area contributed by atoms with Gasteiger partial charge in [0.2, 0.25) is 5.95 Å². The lowest BCUT2D eigenvalue weighted by Crippen LogP contribution is -2.30. The molecule has 1 fully saturated rings. The molecule has 0 saturated carbocycles. The molecule has 6 heteroatoms. The molecular formula is C21H19FN4O. The van der Waals surface area contributed by atoms with Gasteiger partial charge in [0, 0.05) is 24.5 Å². The van der Waals surface area contributed by atoms with Gasteiger partial charge in [-0.3, -0.25) is 4.79 Å². The predicted molar refractivity (Wildman–Crippen MR) is 105 cm³/mol. The fourth-order valence-electron chi connectivity index (χ4n) is 3.89. The third kappa shape index (κ3) is 2.68. The average molecular weight is 362 g/mol. The van der Waals surface area contributed by atoms with Gasteiger partial charge in [0.1, 0.15) is 5.82 Å². The van der Waals surface area contributed by atoms with E-state index >= 15 is 0 Å². The highest BCUT2D eigenvalue weighted by atomic mass is 19.1. The molecule has 4 aromatic rings. The maximum Gasteiger partial charge on any atom is 0.257 e. The van der Waals surface area contributed by atoms with Crippen LogP contribution in [0.5, 0.6) is 0 Å². The van der Waals surface area contributed by atoms with Crippen molar-refractivity contribution in [2.24, 2.45) is 0 Å². The van der Waals surface area contributed by atoms with Crippen LogP contribution in [0.2, 0.25) is 0 Å². The molecule has 5 rings (SSSR count). The molecule has 1 N–H and O–H groups in total. The van der Waals surface area contributed by atoms with E-state index < -0.39 is 0 Å². The topological polar surface area (TPSA) is 53.9 Å². The number of nitrogens with zero attached hydrogens (tertiary/aromatic N) is 3. The number of pyridine rings is 1. The van der Waals surface area contributed by atoms with Crippen LogP contribution in [0.15, 0.2) is 53.3 Å². The maximum absolute atomic E-state index is 14.8. The van der Waals surface area contributed by atoms with Gasteiger partial charge in [-0.05, 0) is 49.6 Å². The number of halogens is 1. The van der Waals surface area contributed by atoms with Gasteiger partial charge in [-0.25, -0.2) is 13.9 Å². The molecule has 0 bridgehead atoms.